The smallest absolute Gasteiger partial charge is 0.335 e. The molecule has 3 heterocycles. The van der Waals surface area contributed by atoms with E-state index in [2.05, 4.69) is 20.5 Å². The third-order valence-corrected chi connectivity index (χ3v) is 7.99. The van der Waals surface area contributed by atoms with E-state index in [0.717, 1.165) is 37.2 Å². The van der Waals surface area contributed by atoms with E-state index >= 15 is 0 Å². The standard InChI is InChI=1S/C27H38N8O3/c1-17-13-33(11-12-34(17)24(36)27(2,3)28)25(37)30-22-9-10-35(26(38)31-22)19-7-5-18(6-8-19)14-32-15-20-21(16-32)23(20)29-4/h5-10,17,20-21,23,29H,11-16,28H2,1-4H3,(H,30,31,37,38)/t17-,20?,21?,23?/m1/s1. The number of anilines is 1. The zero-order valence-corrected chi connectivity index (χ0v) is 22.6. The summed E-state index contributed by atoms with van der Waals surface area (Å²) in [4.78, 5) is 48.0. The van der Waals surface area contributed by atoms with Gasteiger partial charge in [0.05, 0.1) is 11.2 Å². The van der Waals surface area contributed by atoms with Gasteiger partial charge in [-0.1, -0.05) is 12.1 Å². The zero-order chi connectivity index (χ0) is 27.2. The fraction of sp³-hybridized carbons (Fsp3) is 0.556. The van der Waals surface area contributed by atoms with Gasteiger partial charge in [0, 0.05) is 57.5 Å². The van der Waals surface area contributed by atoms with Crippen molar-refractivity contribution in [2.45, 2.75) is 44.9 Å². The number of carbonyl (C=O) groups excluding carboxylic acids is 2. The molecule has 0 bridgehead atoms. The first-order valence-electron chi connectivity index (χ1n) is 13.3. The summed E-state index contributed by atoms with van der Waals surface area (Å²) in [7, 11) is 2.04. The Balaban J connectivity index is 1.16. The molecule has 0 radical (unpaired) electrons. The van der Waals surface area contributed by atoms with Crippen LogP contribution in [0.2, 0.25) is 0 Å². The maximum Gasteiger partial charge on any atom is 0.354 e. The van der Waals surface area contributed by atoms with Crippen LogP contribution in [-0.4, -0.2) is 93.6 Å². The molecule has 2 saturated heterocycles. The monoisotopic (exact) mass is 522 g/mol. The molecule has 3 fully saturated rings. The van der Waals surface area contributed by atoms with Crippen LogP contribution in [0.15, 0.2) is 41.3 Å². The number of piperazine rings is 1. The number of amides is 3. The van der Waals surface area contributed by atoms with E-state index in [9.17, 15) is 14.4 Å². The first-order valence-corrected chi connectivity index (χ1v) is 13.3. The molecule has 3 amide bonds. The van der Waals surface area contributed by atoms with E-state index in [1.165, 1.54) is 10.1 Å². The molecule has 0 spiro atoms. The van der Waals surface area contributed by atoms with Gasteiger partial charge in [-0.05, 0) is 63.4 Å². The molecule has 5 rings (SSSR count). The molecule has 2 unspecified atom stereocenters. The summed E-state index contributed by atoms with van der Waals surface area (Å²) in [5, 5.41) is 6.11. The number of rotatable bonds is 6. The Bertz CT molecular complexity index is 1240. The van der Waals surface area contributed by atoms with Crippen molar-refractivity contribution in [2.24, 2.45) is 17.6 Å². The lowest BCUT2D eigenvalue weighted by atomic mass is 10.0. The van der Waals surface area contributed by atoms with E-state index in [4.69, 9.17) is 5.73 Å². The van der Waals surface area contributed by atoms with Gasteiger partial charge in [-0.3, -0.25) is 19.6 Å². The van der Waals surface area contributed by atoms with Crippen LogP contribution in [0.1, 0.15) is 26.3 Å². The molecule has 3 aliphatic rings. The molecule has 11 nitrogen and oxygen atoms in total. The molecule has 1 aliphatic carbocycles. The lowest BCUT2D eigenvalue weighted by Gasteiger charge is -2.42. The fourth-order valence-corrected chi connectivity index (χ4v) is 5.86. The third-order valence-electron chi connectivity index (χ3n) is 7.99. The van der Waals surface area contributed by atoms with Crippen LogP contribution in [0.4, 0.5) is 10.6 Å². The number of piperidine rings is 1. The number of hydrogen-bond acceptors (Lipinski definition) is 7. The van der Waals surface area contributed by atoms with E-state index in [0.29, 0.717) is 25.7 Å². The largest absolute Gasteiger partial charge is 0.354 e. The molecule has 1 aromatic heterocycles. The van der Waals surface area contributed by atoms with E-state index in [1.54, 1.807) is 35.9 Å². The minimum Gasteiger partial charge on any atom is -0.335 e. The zero-order valence-electron chi connectivity index (χ0n) is 22.6. The number of nitrogens with two attached hydrogens (primary N) is 1. The quantitative estimate of drug-likeness (QED) is 0.509. The van der Waals surface area contributed by atoms with Gasteiger partial charge in [-0.25, -0.2) is 9.59 Å². The van der Waals surface area contributed by atoms with Crippen molar-refractivity contribution in [3.8, 4) is 5.69 Å². The lowest BCUT2D eigenvalue weighted by Crippen LogP contribution is -2.61. The molecule has 1 saturated carbocycles. The minimum absolute atomic E-state index is 0.140. The second-order valence-corrected chi connectivity index (χ2v) is 11.4. The van der Waals surface area contributed by atoms with Gasteiger partial charge >= 0.3 is 11.7 Å². The summed E-state index contributed by atoms with van der Waals surface area (Å²) >= 11 is 0. The van der Waals surface area contributed by atoms with Crippen LogP contribution in [0.3, 0.4) is 0 Å². The lowest BCUT2D eigenvalue weighted by molar-refractivity contribution is -0.139. The molecule has 4 N–H and O–H groups in total. The predicted octanol–water partition coefficient (Wildman–Crippen LogP) is 0.684. The number of aromatic nitrogens is 2. The second kappa shape index (κ2) is 10.1. The molecule has 204 valence electrons. The first-order chi connectivity index (χ1) is 18.0. The molecular weight excluding hydrogens is 484 g/mol. The average molecular weight is 523 g/mol. The van der Waals surface area contributed by atoms with Crippen molar-refractivity contribution in [1.82, 2.24) is 29.6 Å². The Labute approximate surface area is 223 Å². The van der Waals surface area contributed by atoms with Crippen molar-refractivity contribution in [3.63, 3.8) is 0 Å². The molecular formula is C27H38N8O3. The second-order valence-electron chi connectivity index (χ2n) is 11.4. The maximum atomic E-state index is 12.8. The van der Waals surface area contributed by atoms with E-state index in [1.807, 2.05) is 38.2 Å². The number of nitrogens with one attached hydrogen (secondary N) is 2. The van der Waals surface area contributed by atoms with E-state index < -0.39 is 11.2 Å². The van der Waals surface area contributed by atoms with Gasteiger partial charge in [0.25, 0.3) is 0 Å². The van der Waals surface area contributed by atoms with Gasteiger partial charge < -0.3 is 20.9 Å². The molecule has 1 aromatic carbocycles. The van der Waals surface area contributed by atoms with Crippen molar-refractivity contribution < 1.29 is 9.59 Å². The Morgan fingerprint density at radius 2 is 1.76 bits per heavy atom. The molecule has 3 atom stereocenters. The minimum atomic E-state index is -0.961. The molecule has 2 aliphatic heterocycles. The number of nitrogens with zero attached hydrogens (tertiary/aromatic N) is 5. The Kier molecular flexibility index (Phi) is 7.01. The van der Waals surface area contributed by atoms with Crippen molar-refractivity contribution in [1.29, 1.82) is 0 Å². The summed E-state index contributed by atoms with van der Waals surface area (Å²) in [6.07, 6.45) is 1.62. The number of carbonyl (C=O) groups is 2. The predicted molar refractivity (Wildman–Crippen MR) is 145 cm³/mol. The summed E-state index contributed by atoms with van der Waals surface area (Å²) in [5.41, 5.74) is 6.47. The molecule has 38 heavy (non-hydrogen) atoms. The SMILES string of the molecule is CNC1C2CN(Cc3ccc(-n4ccc(NC(=O)N5CCN(C(=O)C(C)(C)N)[C@H](C)C5)nc4=O)cc3)CC21. The molecule has 11 heteroatoms. The van der Waals surface area contributed by atoms with Crippen molar-refractivity contribution >= 4 is 17.8 Å². The van der Waals surface area contributed by atoms with Crippen molar-refractivity contribution in [3.05, 3.63) is 52.6 Å². The van der Waals surface area contributed by atoms with Crippen LogP contribution in [0, 0.1) is 11.8 Å². The molecule has 2 aromatic rings. The van der Waals surface area contributed by atoms with Crippen LogP contribution in [0.5, 0.6) is 0 Å². The number of hydrogen-bond donors (Lipinski definition) is 3. The third kappa shape index (κ3) is 5.31. The van der Waals surface area contributed by atoms with Crippen LogP contribution in [0.25, 0.3) is 5.69 Å². The highest BCUT2D eigenvalue weighted by Crippen LogP contribution is 2.45. The summed E-state index contributed by atoms with van der Waals surface area (Å²) < 4.78 is 1.46. The Hall–Kier alpha value is -3.28. The van der Waals surface area contributed by atoms with Gasteiger partial charge in [0.1, 0.15) is 5.82 Å². The first kappa shape index (κ1) is 26.3. The van der Waals surface area contributed by atoms with Crippen LogP contribution in [-0.2, 0) is 11.3 Å². The Morgan fingerprint density at radius 1 is 1.08 bits per heavy atom. The number of urea groups is 1. The fourth-order valence-electron chi connectivity index (χ4n) is 5.86. The number of benzene rings is 1. The van der Waals surface area contributed by atoms with Gasteiger partial charge in [-0.2, -0.15) is 4.98 Å². The highest BCUT2D eigenvalue weighted by Gasteiger charge is 2.54. The maximum absolute atomic E-state index is 12.8. The highest BCUT2D eigenvalue weighted by molar-refractivity contribution is 5.89. The summed E-state index contributed by atoms with van der Waals surface area (Å²) in [5.74, 6) is 1.61. The van der Waals surface area contributed by atoms with Gasteiger partial charge in [-0.15, -0.1) is 0 Å². The summed E-state index contributed by atoms with van der Waals surface area (Å²) in [6, 6.07) is 9.73. The van der Waals surface area contributed by atoms with Gasteiger partial charge in [0.2, 0.25) is 5.91 Å². The van der Waals surface area contributed by atoms with E-state index in [-0.39, 0.29) is 23.8 Å². The average Bonchev–Trinajstić information content (AvgIpc) is 3.35. The number of fused-ring (bicyclic) bond motifs is 1. The van der Waals surface area contributed by atoms with Crippen molar-refractivity contribution in [2.75, 3.05) is 45.1 Å². The number of likely N-dealkylation sites (tertiary alicyclic amines) is 1. The highest BCUT2D eigenvalue weighted by atomic mass is 16.2. The Morgan fingerprint density at radius 3 is 2.34 bits per heavy atom. The topological polar surface area (TPSA) is 129 Å². The normalized spacial score (nSPS) is 25.3. The summed E-state index contributed by atoms with van der Waals surface area (Å²) in [6.45, 7) is 9.56. The van der Waals surface area contributed by atoms with Crippen LogP contribution < -0.4 is 22.1 Å². The van der Waals surface area contributed by atoms with Gasteiger partial charge in [0.15, 0.2) is 0 Å². The van der Waals surface area contributed by atoms with Crippen LogP contribution >= 0.6 is 0 Å².